The van der Waals surface area contributed by atoms with E-state index in [1.807, 2.05) is 0 Å². The van der Waals surface area contributed by atoms with Gasteiger partial charge in [0.15, 0.2) is 5.03 Å². The van der Waals surface area contributed by atoms with Gasteiger partial charge in [0, 0.05) is 12.6 Å². The van der Waals surface area contributed by atoms with Gasteiger partial charge in [-0.3, -0.25) is 0 Å². The minimum Gasteiger partial charge on any atom is -0.332 e. The smallest absolute Gasteiger partial charge is 0.257 e. The summed E-state index contributed by atoms with van der Waals surface area (Å²) in [5.41, 5.74) is 5.55. The number of H-pyrrole nitrogens is 1. The van der Waals surface area contributed by atoms with Crippen LogP contribution in [0.1, 0.15) is 18.7 Å². The summed E-state index contributed by atoms with van der Waals surface area (Å²) in [6.45, 7) is 2.04. The van der Waals surface area contributed by atoms with Crippen molar-refractivity contribution < 1.29 is 8.42 Å². The van der Waals surface area contributed by atoms with Crippen molar-refractivity contribution in [2.45, 2.75) is 30.8 Å². The second-order valence-electron chi connectivity index (χ2n) is 4.13. The van der Waals surface area contributed by atoms with Crippen LogP contribution in [0.3, 0.4) is 0 Å². The maximum atomic E-state index is 11.9. The molecule has 6 nitrogen and oxygen atoms in total. The van der Waals surface area contributed by atoms with Crippen LogP contribution in [0, 0.1) is 12.8 Å². The fourth-order valence-electron chi connectivity index (χ4n) is 1.63. The zero-order chi connectivity index (χ0) is 11.8. The highest BCUT2D eigenvalue weighted by Crippen LogP contribution is 2.32. The molecule has 1 unspecified atom stereocenters. The summed E-state index contributed by atoms with van der Waals surface area (Å²) in [4.78, 5) is 6.57. The highest BCUT2D eigenvalue weighted by atomic mass is 32.2. The molecule has 2 rings (SSSR count). The van der Waals surface area contributed by atoms with Crippen molar-refractivity contribution in [3.63, 3.8) is 0 Å². The summed E-state index contributed by atoms with van der Waals surface area (Å²) < 4.78 is 26.4. The standard InChI is InChI=1S/C9H16N4O2S/c1-6-11-5-9(12-6)16(14,15)13-8(4-10)7-2-3-7/h5,7-8,13H,2-4,10H2,1H3,(H,11,12). The number of hydrogen-bond acceptors (Lipinski definition) is 4. The molecule has 0 aromatic carbocycles. The van der Waals surface area contributed by atoms with Gasteiger partial charge in [-0.05, 0) is 25.7 Å². The van der Waals surface area contributed by atoms with Crippen LogP contribution in [0.15, 0.2) is 11.2 Å². The molecule has 1 fully saturated rings. The van der Waals surface area contributed by atoms with E-state index in [-0.39, 0.29) is 11.1 Å². The molecule has 1 heterocycles. The lowest BCUT2D eigenvalue weighted by Crippen LogP contribution is -2.41. The third kappa shape index (κ3) is 2.42. The van der Waals surface area contributed by atoms with Crippen molar-refractivity contribution >= 4 is 10.0 Å². The maximum absolute atomic E-state index is 11.9. The van der Waals surface area contributed by atoms with Gasteiger partial charge < -0.3 is 10.7 Å². The van der Waals surface area contributed by atoms with Crippen molar-refractivity contribution in [3.05, 3.63) is 12.0 Å². The highest BCUT2D eigenvalue weighted by molar-refractivity contribution is 7.89. The monoisotopic (exact) mass is 244 g/mol. The summed E-state index contributed by atoms with van der Waals surface area (Å²) in [5.74, 6) is 0.972. The first kappa shape index (κ1) is 11.6. The Morgan fingerprint density at radius 1 is 1.69 bits per heavy atom. The summed E-state index contributed by atoms with van der Waals surface area (Å²) >= 11 is 0. The van der Waals surface area contributed by atoms with Gasteiger partial charge in [0.1, 0.15) is 5.82 Å². The van der Waals surface area contributed by atoms with Gasteiger partial charge in [0.2, 0.25) is 0 Å². The van der Waals surface area contributed by atoms with Crippen LogP contribution in [0.5, 0.6) is 0 Å². The van der Waals surface area contributed by atoms with Crippen LogP contribution in [-0.2, 0) is 10.0 Å². The van der Waals surface area contributed by atoms with Gasteiger partial charge in [-0.2, -0.15) is 0 Å². The van der Waals surface area contributed by atoms with Crippen molar-refractivity contribution in [2.24, 2.45) is 11.7 Å². The molecular formula is C9H16N4O2S. The largest absolute Gasteiger partial charge is 0.332 e. The van der Waals surface area contributed by atoms with Crippen molar-refractivity contribution in [2.75, 3.05) is 6.54 Å². The second-order valence-corrected chi connectivity index (χ2v) is 5.82. The van der Waals surface area contributed by atoms with E-state index in [4.69, 9.17) is 5.73 Å². The number of rotatable bonds is 5. The molecule has 0 aliphatic heterocycles. The number of nitrogens with one attached hydrogen (secondary N) is 2. The number of hydrogen-bond donors (Lipinski definition) is 3. The Labute approximate surface area is 94.7 Å². The minimum atomic E-state index is -3.50. The lowest BCUT2D eigenvalue weighted by molar-refractivity contribution is 0.517. The van der Waals surface area contributed by atoms with Crippen LogP contribution in [-0.4, -0.2) is 31.0 Å². The third-order valence-corrected chi connectivity index (χ3v) is 4.12. The number of imidazole rings is 1. The van der Waals surface area contributed by atoms with Gasteiger partial charge >= 0.3 is 0 Å². The van der Waals surface area contributed by atoms with E-state index in [0.717, 1.165) is 12.8 Å². The van der Waals surface area contributed by atoms with Crippen LogP contribution in [0.4, 0.5) is 0 Å². The first-order valence-corrected chi connectivity index (χ1v) is 6.75. The summed E-state index contributed by atoms with van der Waals surface area (Å²) in [6.07, 6.45) is 3.41. The van der Waals surface area contributed by atoms with Gasteiger partial charge in [-0.15, -0.1) is 0 Å². The Hall–Kier alpha value is -0.920. The molecule has 1 aliphatic rings. The molecule has 1 saturated carbocycles. The lowest BCUT2D eigenvalue weighted by Gasteiger charge is -2.14. The van der Waals surface area contributed by atoms with Gasteiger partial charge in [-0.1, -0.05) is 0 Å². The first-order valence-electron chi connectivity index (χ1n) is 5.27. The van der Waals surface area contributed by atoms with Crippen LogP contribution < -0.4 is 10.5 Å². The molecule has 1 aliphatic carbocycles. The Bertz CT molecular complexity index is 464. The Morgan fingerprint density at radius 3 is 2.81 bits per heavy atom. The summed E-state index contributed by atoms with van der Waals surface area (Å²) in [6, 6.07) is -0.159. The molecule has 4 N–H and O–H groups in total. The number of aromatic nitrogens is 2. The minimum absolute atomic E-state index is 0.101. The predicted molar refractivity (Wildman–Crippen MR) is 59.2 cm³/mol. The molecule has 1 aromatic rings. The number of aryl methyl sites for hydroxylation is 1. The fraction of sp³-hybridized carbons (Fsp3) is 0.667. The van der Waals surface area contributed by atoms with E-state index in [2.05, 4.69) is 14.7 Å². The van der Waals surface area contributed by atoms with E-state index >= 15 is 0 Å². The number of sulfonamides is 1. The number of aromatic amines is 1. The molecule has 0 radical (unpaired) electrons. The average molecular weight is 244 g/mol. The maximum Gasteiger partial charge on any atom is 0.257 e. The fourth-order valence-corrected chi connectivity index (χ4v) is 2.92. The van der Waals surface area contributed by atoms with E-state index in [1.165, 1.54) is 6.20 Å². The Balaban J connectivity index is 2.12. The van der Waals surface area contributed by atoms with E-state index < -0.39 is 10.0 Å². The van der Waals surface area contributed by atoms with Crippen LogP contribution in [0.25, 0.3) is 0 Å². The van der Waals surface area contributed by atoms with Gasteiger partial charge in [0.05, 0.1) is 6.20 Å². The molecule has 0 spiro atoms. The molecule has 7 heteroatoms. The predicted octanol–water partition coefficient (Wildman–Crippen LogP) is -0.266. The molecular weight excluding hydrogens is 228 g/mol. The quantitative estimate of drug-likeness (QED) is 0.664. The molecule has 1 atom stereocenters. The Morgan fingerprint density at radius 2 is 2.38 bits per heavy atom. The van der Waals surface area contributed by atoms with Gasteiger partial charge in [0.25, 0.3) is 10.0 Å². The zero-order valence-electron chi connectivity index (χ0n) is 9.10. The number of nitrogens with two attached hydrogens (primary N) is 1. The topological polar surface area (TPSA) is 101 Å². The lowest BCUT2D eigenvalue weighted by atomic mass is 10.2. The highest BCUT2D eigenvalue weighted by Gasteiger charge is 2.33. The first-order chi connectivity index (χ1) is 7.53. The summed E-state index contributed by atoms with van der Waals surface area (Å²) in [7, 11) is -3.50. The van der Waals surface area contributed by atoms with Crippen molar-refractivity contribution in [1.29, 1.82) is 0 Å². The normalized spacial score (nSPS) is 18.6. The third-order valence-electron chi connectivity index (χ3n) is 2.72. The van der Waals surface area contributed by atoms with Crippen molar-refractivity contribution in [3.8, 4) is 0 Å². The molecule has 0 bridgehead atoms. The van der Waals surface area contributed by atoms with E-state index in [0.29, 0.717) is 18.3 Å². The Kier molecular flexibility index (Phi) is 3.00. The van der Waals surface area contributed by atoms with Crippen LogP contribution >= 0.6 is 0 Å². The molecule has 0 saturated heterocycles. The summed E-state index contributed by atoms with van der Waals surface area (Å²) in [5, 5.41) is 0.101. The van der Waals surface area contributed by atoms with Crippen molar-refractivity contribution in [1.82, 2.24) is 14.7 Å². The molecule has 1 aromatic heterocycles. The molecule has 16 heavy (non-hydrogen) atoms. The van der Waals surface area contributed by atoms with E-state index in [1.54, 1.807) is 6.92 Å². The second kappa shape index (κ2) is 4.15. The zero-order valence-corrected chi connectivity index (χ0v) is 9.92. The average Bonchev–Trinajstić information content (AvgIpc) is 2.97. The van der Waals surface area contributed by atoms with Crippen LogP contribution in [0.2, 0.25) is 0 Å². The van der Waals surface area contributed by atoms with E-state index in [9.17, 15) is 8.42 Å². The number of nitrogens with zero attached hydrogens (tertiary/aromatic N) is 1. The SMILES string of the molecule is Cc1ncc(S(=O)(=O)NC(CN)C2CC2)[nH]1. The molecule has 90 valence electrons. The van der Waals surface area contributed by atoms with Gasteiger partial charge in [-0.25, -0.2) is 18.1 Å². The molecule has 0 amide bonds.